The van der Waals surface area contributed by atoms with E-state index >= 15 is 0 Å². The van der Waals surface area contributed by atoms with Crippen molar-refractivity contribution in [1.29, 1.82) is 0 Å². The van der Waals surface area contributed by atoms with E-state index in [0.29, 0.717) is 40.5 Å². The summed E-state index contributed by atoms with van der Waals surface area (Å²) in [6, 6.07) is 7.49. The lowest BCUT2D eigenvalue weighted by molar-refractivity contribution is -0.192. The third kappa shape index (κ3) is 6.17. The number of H-pyrrole nitrogens is 1. The number of carbonyl (C=O) groups is 1. The molecule has 2 fully saturated rings. The molecular weight excluding hydrogens is 571 g/mol. The lowest BCUT2D eigenvalue weighted by Crippen LogP contribution is -2.44. The molecule has 4 aromatic rings. The van der Waals surface area contributed by atoms with Crippen molar-refractivity contribution >= 4 is 23.5 Å². The monoisotopic (exact) mass is 596 g/mol. The molecule has 0 radical (unpaired) electrons. The number of benzene rings is 1. The van der Waals surface area contributed by atoms with E-state index in [9.17, 15) is 22.0 Å². The number of hydrogen-bond acceptors (Lipinski definition) is 10. The molecular formula is C24H25F5N10O3. The highest BCUT2D eigenvalue weighted by atomic mass is 19.4. The molecule has 6 rings (SSSR count). The number of ether oxygens (including phenoxy) is 1. The fourth-order valence-electron chi connectivity index (χ4n) is 4.29. The Morgan fingerprint density at radius 2 is 1.88 bits per heavy atom. The first-order valence-electron chi connectivity index (χ1n) is 12.7. The van der Waals surface area contributed by atoms with Crippen LogP contribution in [0.2, 0.25) is 0 Å². The average molecular weight is 597 g/mol. The molecule has 4 N–H and O–H groups in total. The quantitative estimate of drug-likeness (QED) is 0.233. The van der Waals surface area contributed by atoms with Crippen LogP contribution in [0, 0.1) is 0 Å². The van der Waals surface area contributed by atoms with Crippen LogP contribution in [-0.2, 0) is 11.3 Å². The highest BCUT2D eigenvalue weighted by Gasteiger charge is 2.59. The van der Waals surface area contributed by atoms with Crippen molar-refractivity contribution in [3.8, 4) is 17.1 Å². The van der Waals surface area contributed by atoms with Crippen LogP contribution in [0.1, 0.15) is 23.7 Å². The van der Waals surface area contributed by atoms with Crippen LogP contribution >= 0.6 is 0 Å². The molecule has 1 atom stereocenters. The third-order valence-electron chi connectivity index (χ3n) is 6.52. The molecule has 42 heavy (non-hydrogen) atoms. The van der Waals surface area contributed by atoms with Gasteiger partial charge in [-0.3, -0.25) is 5.10 Å². The highest BCUT2D eigenvalue weighted by molar-refractivity contribution is 5.73. The fraction of sp³-hybridized carbons (Fsp3) is 0.417. The van der Waals surface area contributed by atoms with Crippen LogP contribution in [-0.4, -0.2) is 91.2 Å². The minimum atomic E-state index is -5.08. The highest BCUT2D eigenvalue weighted by Crippen LogP contribution is 2.56. The number of aromatic nitrogens is 7. The van der Waals surface area contributed by atoms with Gasteiger partial charge in [-0.05, 0) is 12.1 Å². The van der Waals surface area contributed by atoms with Gasteiger partial charge in [0.1, 0.15) is 11.6 Å². The molecule has 1 saturated carbocycles. The first-order chi connectivity index (χ1) is 20.0. The summed E-state index contributed by atoms with van der Waals surface area (Å²) in [6.45, 7) is 3.32. The van der Waals surface area contributed by atoms with Gasteiger partial charge in [0.15, 0.2) is 11.5 Å². The zero-order chi connectivity index (χ0) is 30.1. The maximum atomic E-state index is 13.9. The largest absolute Gasteiger partial charge is 0.496 e. The predicted molar refractivity (Wildman–Crippen MR) is 138 cm³/mol. The minimum absolute atomic E-state index is 0.187. The number of nitrogens with one attached hydrogen (secondary N) is 3. The number of aromatic amines is 1. The zero-order valence-corrected chi connectivity index (χ0v) is 22.0. The number of halogens is 5. The van der Waals surface area contributed by atoms with Crippen LogP contribution in [0.15, 0.2) is 30.5 Å². The smallest absolute Gasteiger partial charge is 0.490 e. The minimum Gasteiger partial charge on any atom is -0.496 e. The Labute approximate surface area is 234 Å². The number of carboxylic acids is 1. The SMILES string of the molecule is COc1ccccc1-c1n[nH]c(CNc2nc(N3CCNCC3)nc3c(C4CC4(F)F)cnn23)n1.O=C(O)C(F)(F)F. The van der Waals surface area contributed by atoms with Gasteiger partial charge in [-0.1, -0.05) is 12.1 Å². The van der Waals surface area contributed by atoms with E-state index in [1.807, 2.05) is 29.2 Å². The van der Waals surface area contributed by atoms with Crippen LogP contribution in [0.25, 0.3) is 17.0 Å². The van der Waals surface area contributed by atoms with Crippen LogP contribution in [0.3, 0.4) is 0 Å². The number of alkyl halides is 5. The van der Waals surface area contributed by atoms with Gasteiger partial charge in [0.05, 0.1) is 31.3 Å². The molecule has 224 valence electrons. The van der Waals surface area contributed by atoms with Gasteiger partial charge in [-0.2, -0.15) is 37.9 Å². The second kappa shape index (κ2) is 11.3. The third-order valence-corrected chi connectivity index (χ3v) is 6.52. The van der Waals surface area contributed by atoms with E-state index in [2.05, 4.69) is 40.9 Å². The Morgan fingerprint density at radius 1 is 1.19 bits per heavy atom. The molecule has 1 saturated heterocycles. The zero-order valence-electron chi connectivity index (χ0n) is 22.0. The number of methoxy groups -OCH3 is 1. The molecule has 1 aromatic carbocycles. The van der Waals surface area contributed by atoms with Crippen molar-refractivity contribution in [2.45, 2.75) is 31.0 Å². The lowest BCUT2D eigenvalue weighted by Gasteiger charge is -2.27. The van der Waals surface area contributed by atoms with Crippen LogP contribution in [0.5, 0.6) is 5.75 Å². The first-order valence-corrected chi connectivity index (χ1v) is 12.7. The predicted octanol–water partition coefficient (Wildman–Crippen LogP) is 2.70. The average Bonchev–Trinajstić information content (AvgIpc) is 3.30. The maximum Gasteiger partial charge on any atom is 0.490 e. The maximum absolute atomic E-state index is 13.9. The molecule has 0 spiro atoms. The summed E-state index contributed by atoms with van der Waals surface area (Å²) in [5.41, 5.74) is 1.60. The van der Waals surface area contributed by atoms with E-state index in [1.165, 1.54) is 10.7 Å². The number of para-hydroxylation sites is 1. The topological polar surface area (TPSA) is 158 Å². The first kappa shape index (κ1) is 28.9. The second-order valence-electron chi connectivity index (χ2n) is 9.40. The van der Waals surface area contributed by atoms with Crippen molar-refractivity contribution in [3.05, 3.63) is 41.9 Å². The van der Waals surface area contributed by atoms with E-state index in [-0.39, 0.29) is 13.0 Å². The normalized spacial score (nSPS) is 17.9. The number of piperazine rings is 1. The van der Waals surface area contributed by atoms with Gasteiger partial charge in [0, 0.05) is 38.2 Å². The number of fused-ring (bicyclic) bond motifs is 1. The van der Waals surface area contributed by atoms with Crippen LogP contribution < -0.4 is 20.3 Å². The molecule has 3 aromatic heterocycles. The molecule has 18 heteroatoms. The summed E-state index contributed by atoms with van der Waals surface area (Å²) in [7, 11) is 1.60. The van der Waals surface area contributed by atoms with Gasteiger partial charge >= 0.3 is 12.1 Å². The molecule has 2 aliphatic rings. The van der Waals surface area contributed by atoms with Gasteiger partial charge in [0.25, 0.3) is 5.92 Å². The van der Waals surface area contributed by atoms with Gasteiger partial charge in [0.2, 0.25) is 11.9 Å². The van der Waals surface area contributed by atoms with Crippen molar-refractivity contribution in [3.63, 3.8) is 0 Å². The summed E-state index contributed by atoms with van der Waals surface area (Å²) in [5, 5.41) is 25.2. The van der Waals surface area contributed by atoms with E-state index in [4.69, 9.17) is 14.6 Å². The molecule has 4 heterocycles. The van der Waals surface area contributed by atoms with Gasteiger partial charge < -0.3 is 25.4 Å². The Kier molecular flexibility index (Phi) is 7.81. The lowest BCUT2D eigenvalue weighted by atomic mass is 10.2. The number of carboxylic acid groups (broad SMARTS) is 1. The van der Waals surface area contributed by atoms with E-state index in [0.717, 1.165) is 31.7 Å². The number of hydrogen-bond donors (Lipinski definition) is 4. The van der Waals surface area contributed by atoms with Crippen molar-refractivity contribution in [2.24, 2.45) is 0 Å². The summed E-state index contributed by atoms with van der Waals surface area (Å²) in [6.07, 6.45) is -3.80. The molecule has 0 bridgehead atoms. The Morgan fingerprint density at radius 3 is 2.52 bits per heavy atom. The van der Waals surface area contributed by atoms with Crippen molar-refractivity contribution in [2.75, 3.05) is 43.5 Å². The van der Waals surface area contributed by atoms with Crippen molar-refractivity contribution in [1.82, 2.24) is 40.1 Å². The summed E-state index contributed by atoms with van der Waals surface area (Å²) >= 11 is 0. The molecule has 1 unspecified atom stereocenters. The van der Waals surface area contributed by atoms with E-state index in [1.54, 1.807) is 7.11 Å². The van der Waals surface area contributed by atoms with Gasteiger partial charge in [-0.15, -0.1) is 0 Å². The summed E-state index contributed by atoms with van der Waals surface area (Å²) in [4.78, 5) is 24.8. The Balaban J connectivity index is 0.000000451. The number of anilines is 2. The summed E-state index contributed by atoms with van der Waals surface area (Å²) in [5.74, 6) is -3.71. The Hall–Kier alpha value is -4.61. The standard InChI is InChI=1S/C22H24F2N10O.C2HF3O2/c1-35-16-5-3-2-4-13(16)18-28-17(31-32-18)12-26-20-30-21(33-8-6-25-7-9-33)29-19-14(11-27-34(19)20)15-10-22(15,23)24;3-2(4,5)1(6)7/h2-5,11,15,25H,6-10,12H2,1H3,(H,26,29,30)(H,28,31,32);(H,6,7). The Bertz CT molecular complexity index is 1570. The molecule has 1 aliphatic carbocycles. The fourth-order valence-corrected chi connectivity index (χ4v) is 4.29. The molecule has 13 nitrogen and oxygen atoms in total. The molecule has 0 amide bonds. The van der Waals surface area contributed by atoms with E-state index < -0.39 is 24.0 Å². The van der Waals surface area contributed by atoms with Crippen LogP contribution in [0.4, 0.5) is 33.8 Å². The number of rotatable bonds is 7. The van der Waals surface area contributed by atoms with Crippen molar-refractivity contribution < 1.29 is 36.6 Å². The summed E-state index contributed by atoms with van der Waals surface area (Å²) < 4.78 is 66.3. The number of nitrogens with zero attached hydrogens (tertiary/aromatic N) is 7. The van der Waals surface area contributed by atoms with Gasteiger partial charge in [-0.25, -0.2) is 18.6 Å². The molecule has 1 aliphatic heterocycles. The number of aliphatic carboxylic acids is 1. The second-order valence-corrected chi connectivity index (χ2v) is 9.40.